The molecule has 0 bridgehead atoms. The molecule has 0 amide bonds. The standard InChI is InChI=1S/C12H9ClFNO2S/c13-9-3-1-2-8(11(9)14)12-15-7(6-18-12)4-5-10(16)17/h1-3,6H,4-5H2,(H,16,17). The van der Waals surface area contributed by atoms with E-state index in [1.165, 1.54) is 17.4 Å². The Hall–Kier alpha value is -1.46. The molecule has 0 unspecified atom stereocenters. The van der Waals surface area contributed by atoms with Gasteiger partial charge in [0.05, 0.1) is 17.1 Å². The topological polar surface area (TPSA) is 50.2 Å². The van der Waals surface area contributed by atoms with Crippen molar-refractivity contribution in [2.24, 2.45) is 0 Å². The molecule has 0 aliphatic rings. The highest BCUT2D eigenvalue weighted by molar-refractivity contribution is 7.13. The van der Waals surface area contributed by atoms with Gasteiger partial charge in [0.25, 0.3) is 0 Å². The van der Waals surface area contributed by atoms with Gasteiger partial charge in [0.2, 0.25) is 0 Å². The van der Waals surface area contributed by atoms with Crippen LogP contribution in [0.1, 0.15) is 12.1 Å². The zero-order chi connectivity index (χ0) is 13.1. The molecular weight excluding hydrogens is 277 g/mol. The summed E-state index contributed by atoms with van der Waals surface area (Å²) in [5.74, 6) is -1.38. The summed E-state index contributed by atoms with van der Waals surface area (Å²) in [6.45, 7) is 0. The lowest BCUT2D eigenvalue weighted by Crippen LogP contribution is -1.97. The highest BCUT2D eigenvalue weighted by atomic mass is 35.5. The number of hydrogen-bond donors (Lipinski definition) is 1. The zero-order valence-corrected chi connectivity index (χ0v) is 10.8. The molecule has 0 spiro atoms. The number of benzene rings is 1. The van der Waals surface area contributed by atoms with Crippen LogP contribution in [0, 0.1) is 5.82 Å². The van der Waals surface area contributed by atoms with E-state index in [9.17, 15) is 9.18 Å². The lowest BCUT2D eigenvalue weighted by molar-refractivity contribution is -0.136. The van der Waals surface area contributed by atoms with Crippen molar-refractivity contribution in [2.75, 3.05) is 0 Å². The Morgan fingerprint density at radius 2 is 2.28 bits per heavy atom. The Morgan fingerprint density at radius 3 is 3.00 bits per heavy atom. The number of rotatable bonds is 4. The van der Waals surface area contributed by atoms with E-state index in [1.54, 1.807) is 17.5 Å². The highest BCUT2D eigenvalue weighted by Crippen LogP contribution is 2.30. The minimum absolute atomic E-state index is 0.0151. The van der Waals surface area contributed by atoms with E-state index in [4.69, 9.17) is 16.7 Å². The molecular formula is C12H9ClFNO2S. The lowest BCUT2D eigenvalue weighted by atomic mass is 10.2. The number of nitrogens with zero attached hydrogens (tertiary/aromatic N) is 1. The smallest absolute Gasteiger partial charge is 0.303 e. The Morgan fingerprint density at radius 1 is 1.50 bits per heavy atom. The van der Waals surface area contributed by atoms with Crippen LogP contribution in [0.5, 0.6) is 0 Å². The molecule has 0 atom stereocenters. The Labute approximate surface area is 112 Å². The molecule has 0 saturated heterocycles. The van der Waals surface area contributed by atoms with Gasteiger partial charge in [0.15, 0.2) is 5.82 Å². The van der Waals surface area contributed by atoms with Crippen LogP contribution in [0.4, 0.5) is 4.39 Å². The van der Waals surface area contributed by atoms with Gasteiger partial charge in [-0.3, -0.25) is 4.79 Å². The summed E-state index contributed by atoms with van der Waals surface area (Å²) in [6, 6.07) is 4.72. The third-order valence-electron chi connectivity index (χ3n) is 2.33. The number of carboxylic acids is 1. The molecule has 1 heterocycles. The van der Waals surface area contributed by atoms with E-state index in [1.807, 2.05) is 0 Å². The van der Waals surface area contributed by atoms with Crippen molar-refractivity contribution in [3.05, 3.63) is 40.1 Å². The van der Waals surface area contributed by atoms with Gasteiger partial charge in [0, 0.05) is 17.4 Å². The van der Waals surface area contributed by atoms with E-state index in [2.05, 4.69) is 4.98 Å². The van der Waals surface area contributed by atoms with E-state index < -0.39 is 11.8 Å². The highest BCUT2D eigenvalue weighted by Gasteiger charge is 2.12. The van der Waals surface area contributed by atoms with E-state index >= 15 is 0 Å². The lowest BCUT2D eigenvalue weighted by Gasteiger charge is -2.00. The van der Waals surface area contributed by atoms with E-state index in [-0.39, 0.29) is 11.4 Å². The van der Waals surface area contributed by atoms with Crippen LogP contribution in [-0.4, -0.2) is 16.1 Å². The fraction of sp³-hybridized carbons (Fsp3) is 0.167. The van der Waals surface area contributed by atoms with Crippen molar-refractivity contribution in [3.63, 3.8) is 0 Å². The van der Waals surface area contributed by atoms with Gasteiger partial charge >= 0.3 is 5.97 Å². The number of hydrogen-bond acceptors (Lipinski definition) is 3. The van der Waals surface area contributed by atoms with Gasteiger partial charge in [0.1, 0.15) is 5.01 Å². The Balaban J connectivity index is 2.24. The maximum atomic E-state index is 13.8. The second-order valence-electron chi connectivity index (χ2n) is 3.64. The van der Waals surface area contributed by atoms with Gasteiger partial charge in [-0.1, -0.05) is 17.7 Å². The molecule has 18 heavy (non-hydrogen) atoms. The molecule has 3 nitrogen and oxygen atoms in total. The van der Waals surface area contributed by atoms with Crippen molar-refractivity contribution >= 4 is 28.9 Å². The van der Waals surface area contributed by atoms with Crippen molar-refractivity contribution in [3.8, 4) is 10.6 Å². The number of carbonyl (C=O) groups is 1. The molecule has 1 aromatic carbocycles. The van der Waals surface area contributed by atoms with Crippen molar-refractivity contribution in [1.29, 1.82) is 0 Å². The van der Waals surface area contributed by atoms with Crippen LogP contribution in [0.25, 0.3) is 10.6 Å². The summed E-state index contributed by atoms with van der Waals surface area (Å²) in [7, 11) is 0. The second-order valence-corrected chi connectivity index (χ2v) is 4.90. The van der Waals surface area contributed by atoms with Crippen LogP contribution in [0.3, 0.4) is 0 Å². The Bertz CT molecular complexity index is 585. The fourth-order valence-electron chi connectivity index (χ4n) is 1.45. The molecule has 0 fully saturated rings. The van der Waals surface area contributed by atoms with Gasteiger partial charge < -0.3 is 5.11 Å². The van der Waals surface area contributed by atoms with Crippen LogP contribution < -0.4 is 0 Å². The van der Waals surface area contributed by atoms with Crippen molar-refractivity contribution in [1.82, 2.24) is 4.98 Å². The van der Waals surface area contributed by atoms with Gasteiger partial charge in [-0.15, -0.1) is 11.3 Å². The van der Waals surface area contributed by atoms with Crippen LogP contribution in [0.15, 0.2) is 23.6 Å². The number of carboxylic acid groups (broad SMARTS) is 1. The first-order valence-corrected chi connectivity index (χ1v) is 6.44. The molecule has 0 aliphatic carbocycles. The largest absolute Gasteiger partial charge is 0.481 e. The molecule has 2 rings (SSSR count). The van der Waals surface area contributed by atoms with Gasteiger partial charge in [-0.2, -0.15) is 0 Å². The summed E-state index contributed by atoms with van der Waals surface area (Å²) >= 11 is 6.97. The number of aryl methyl sites for hydroxylation is 1. The zero-order valence-electron chi connectivity index (χ0n) is 9.19. The molecule has 1 aromatic heterocycles. The quantitative estimate of drug-likeness (QED) is 0.933. The van der Waals surface area contributed by atoms with Gasteiger partial charge in [-0.05, 0) is 12.1 Å². The van der Waals surface area contributed by atoms with Crippen LogP contribution >= 0.6 is 22.9 Å². The maximum Gasteiger partial charge on any atom is 0.303 e. The normalized spacial score (nSPS) is 10.6. The Kier molecular flexibility index (Phi) is 3.93. The van der Waals surface area contributed by atoms with Crippen LogP contribution in [0.2, 0.25) is 5.02 Å². The average molecular weight is 286 g/mol. The molecule has 2 aromatic rings. The average Bonchev–Trinajstić information content (AvgIpc) is 2.78. The SMILES string of the molecule is O=C(O)CCc1csc(-c2cccc(Cl)c2F)n1. The minimum Gasteiger partial charge on any atom is -0.481 e. The first-order valence-electron chi connectivity index (χ1n) is 5.18. The molecule has 0 radical (unpaired) electrons. The monoisotopic (exact) mass is 285 g/mol. The first kappa shape index (κ1) is 13.0. The number of aliphatic carboxylic acids is 1. The van der Waals surface area contributed by atoms with E-state index in [0.717, 1.165) is 0 Å². The number of aromatic nitrogens is 1. The minimum atomic E-state index is -0.876. The summed E-state index contributed by atoms with van der Waals surface area (Å²) in [5.41, 5.74) is 0.992. The van der Waals surface area contributed by atoms with Gasteiger partial charge in [-0.25, -0.2) is 9.37 Å². The van der Waals surface area contributed by atoms with Crippen LogP contribution in [-0.2, 0) is 11.2 Å². The summed E-state index contributed by atoms with van der Waals surface area (Å²) in [6.07, 6.45) is 0.356. The predicted octanol–water partition coefficient (Wildman–Crippen LogP) is 3.62. The maximum absolute atomic E-state index is 13.8. The van der Waals surface area contributed by atoms with Crippen molar-refractivity contribution in [2.45, 2.75) is 12.8 Å². The number of halogens is 2. The molecule has 0 aliphatic heterocycles. The molecule has 6 heteroatoms. The summed E-state index contributed by atoms with van der Waals surface area (Å²) < 4.78 is 13.8. The summed E-state index contributed by atoms with van der Waals surface area (Å²) in [5, 5.41) is 10.9. The second kappa shape index (κ2) is 5.46. The predicted molar refractivity (Wildman–Crippen MR) is 68.5 cm³/mol. The fourth-order valence-corrected chi connectivity index (χ4v) is 2.50. The van der Waals surface area contributed by atoms with Crippen molar-refractivity contribution < 1.29 is 14.3 Å². The summed E-state index contributed by atoms with van der Waals surface area (Å²) in [4.78, 5) is 14.7. The molecule has 0 saturated carbocycles. The first-order chi connectivity index (χ1) is 8.58. The third-order valence-corrected chi connectivity index (χ3v) is 3.55. The molecule has 94 valence electrons. The number of thiazole rings is 1. The third kappa shape index (κ3) is 2.86. The molecule has 1 N–H and O–H groups in total. The van der Waals surface area contributed by atoms with E-state index in [0.29, 0.717) is 22.7 Å².